The average molecular weight is 474 g/mol. The first-order valence-electron chi connectivity index (χ1n) is 11.4. The lowest BCUT2D eigenvalue weighted by molar-refractivity contribution is -0.142. The molecule has 182 valence electrons. The summed E-state index contributed by atoms with van der Waals surface area (Å²) in [4.78, 5) is 17.3. The van der Waals surface area contributed by atoms with Gasteiger partial charge in [0.2, 0.25) is 0 Å². The lowest BCUT2D eigenvalue weighted by Crippen LogP contribution is -2.66. The molecule has 1 amide bonds. The van der Waals surface area contributed by atoms with Crippen LogP contribution in [-0.4, -0.2) is 58.6 Å². The van der Waals surface area contributed by atoms with Crippen LogP contribution in [0.5, 0.6) is 0 Å². The maximum atomic E-state index is 11.9. The van der Waals surface area contributed by atoms with Gasteiger partial charge in [-0.25, -0.2) is 4.79 Å². The number of amides is 1. The Morgan fingerprint density at radius 3 is 1.73 bits per heavy atom. The SMILES string of the molecule is CN(OCCOCCO[Si](c1ccccc1)(c1ccccc1)C(C)(C)C)C(=O)OC(C)(C)C. The number of carbonyl (C=O) groups excluding carboxylic acids is 1. The molecule has 0 saturated heterocycles. The van der Waals surface area contributed by atoms with Crippen molar-refractivity contribution in [2.24, 2.45) is 0 Å². The van der Waals surface area contributed by atoms with Crippen LogP contribution in [0.4, 0.5) is 4.79 Å². The number of benzene rings is 2. The summed E-state index contributed by atoms with van der Waals surface area (Å²) < 4.78 is 17.8. The molecular weight excluding hydrogens is 434 g/mol. The third kappa shape index (κ3) is 7.67. The van der Waals surface area contributed by atoms with Gasteiger partial charge in [0.1, 0.15) is 5.60 Å². The summed E-state index contributed by atoms with van der Waals surface area (Å²) in [6.07, 6.45) is -0.530. The molecular formula is C26H39NO5Si. The molecule has 7 heteroatoms. The molecule has 0 aromatic heterocycles. The zero-order chi connectivity index (χ0) is 24.5. The van der Waals surface area contributed by atoms with E-state index in [2.05, 4.69) is 69.3 Å². The van der Waals surface area contributed by atoms with Gasteiger partial charge >= 0.3 is 6.09 Å². The Kier molecular flexibility index (Phi) is 9.66. The van der Waals surface area contributed by atoms with E-state index in [0.29, 0.717) is 19.8 Å². The van der Waals surface area contributed by atoms with Crippen LogP contribution in [0.2, 0.25) is 5.04 Å². The molecule has 33 heavy (non-hydrogen) atoms. The van der Waals surface area contributed by atoms with Crippen molar-refractivity contribution in [3.8, 4) is 0 Å². The molecule has 0 aliphatic carbocycles. The van der Waals surface area contributed by atoms with Crippen LogP contribution in [-0.2, 0) is 18.7 Å². The Morgan fingerprint density at radius 2 is 1.27 bits per heavy atom. The average Bonchev–Trinajstić information content (AvgIpc) is 2.74. The Hall–Kier alpha value is -2.19. The largest absolute Gasteiger partial charge is 0.442 e. The number of nitrogens with zero attached hydrogens (tertiary/aromatic N) is 1. The Morgan fingerprint density at radius 1 is 0.788 bits per heavy atom. The monoisotopic (exact) mass is 473 g/mol. The van der Waals surface area contributed by atoms with Crippen LogP contribution < -0.4 is 10.4 Å². The fourth-order valence-electron chi connectivity index (χ4n) is 3.73. The molecule has 0 saturated carbocycles. The molecule has 0 radical (unpaired) electrons. The number of ether oxygens (including phenoxy) is 2. The van der Waals surface area contributed by atoms with Gasteiger partial charge in [0.05, 0.1) is 26.4 Å². The minimum absolute atomic E-state index is 0.0745. The second-order valence-electron chi connectivity index (χ2n) is 9.94. The zero-order valence-corrected chi connectivity index (χ0v) is 22.1. The van der Waals surface area contributed by atoms with Crippen LogP contribution in [0, 0.1) is 0 Å². The molecule has 0 bridgehead atoms. The lowest BCUT2D eigenvalue weighted by Gasteiger charge is -2.43. The molecule has 0 N–H and O–H groups in total. The van der Waals surface area contributed by atoms with Crippen molar-refractivity contribution in [2.75, 3.05) is 33.5 Å². The van der Waals surface area contributed by atoms with Gasteiger partial charge in [0.25, 0.3) is 8.32 Å². The third-order valence-electron chi connectivity index (χ3n) is 5.13. The predicted molar refractivity (Wildman–Crippen MR) is 134 cm³/mol. The molecule has 0 heterocycles. The Bertz CT molecular complexity index is 807. The molecule has 0 aliphatic heterocycles. The van der Waals surface area contributed by atoms with Crippen molar-refractivity contribution < 1.29 is 23.5 Å². The van der Waals surface area contributed by atoms with Crippen molar-refractivity contribution in [1.82, 2.24) is 5.06 Å². The lowest BCUT2D eigenvalue weighted by atomic mass is 10.2. The van der Waals surface area contributed by atoms with Gasteiger partial charge in [0.15, 0.2) is 0 Å². The van der Waals surface area contributed by atoms with Crippen LogP contribution in [0.25, 0.3) is 0 Å². The second kappa shape index (κ2) is 11.8. The van der Waals surface area contributed by atoms with Crippen LogP contribution >= 0.6 is 0 Å². The van der Waals surface area contributed by atoms with Gasteiger partial charge in [-0.1, -0.05) is 81.4 Å². The molecule has 0 atom stereocenters. The van der Waals surface area contributed by atoms with E-state index in [0.717, 1.165) is 5.06 Å². The van der Waals surface area contributed by atoms with E-state index in [-0.39, 0.29) is 11.6 Å². The summed E-state index contributed by atoms with van der Waals surface area (Å²) in [5.41, 5.74) is -0.566. The summed E-state index contributed by atoms with van der Waals surface area (Å²) >= 11 is 0. The number of hydrogen-bond acceptors (Lipinski definition) is 5. The highest BCUT2D eigenvalue weighted by Crippen LogP contribution is 2.36. The summed E-state index contributed by atoms with van der Waals surface area (Å²) in [6.45, 7) is 13.7. The normalized spacial score (nSPS) is 12.5. The molecule has 0 fully saturated rings. The predicted octanol–water partition coefficient (Wildman–Crippen LogP) is 4.38. The van der Waals surface area contributed by atoms with Crippen LogP contribution in [0.1, 0.15) is 41.5 Å². The number of rotatable bonds is 10. The smallest absolute Gasteiger partial charge is 0.434 e. The first-order valence-corrected chi connectivity index (χ1v) is 13.3. The molecule has 0 unspecified atom stereocenters. The third-order valence-corrected chi connectivity index (χ3v) is 10.2. The van der Waals surface area contributed by atoms with Gasteiger partial charge in [-0.3, -0.25) is 4.84 Å². The Balaban J connectivity index is 1.95. The van der Waals surface area contributed by atoms with Gasteiger partial charge in [-0.15, -0.1) is 0 Å². The van der Waals surface area contributed by atoms with Gasteiger partial charge in [-0.2, -0.15) is 5.06 Å². The van der Waals surface area contributed by atoms with E-state index in [1.807, 2.05) is 32.9 Å². The van der Waals surface area contributed by atoms with E-state index in [9.17, 15) is 4.79 Å². The summed E-state index contributed by atoms with van der Waals surface area (Å²) in [5.74, 6) is 0. The van der Waals surface area contributed by atoms with Crippen LogP contribution in [0.15, 0.2) is 60.7 Å². The Labute approximate surface area is 199 Å². The van der Waals surface area contributed by atoms with E-state index in [1.54, 1.807) is 0 Å². The van der Waals surface area contributed by atoms with E-state index in [1.165, 1.54) is 17.4 Å². The first kappa shape index (κ1) is 27.1. The molecule has 0 aliphatic rings. The summed E-state index contributed by atoms with van der Waals surface area (Å²) in [5, 5.41) is 3.50. The van der Waals surface area contributed by atoms with E-state index >= 15 is 0 Å². The summed E-state index contributed by atoms with van der Waals surface area (Å²) in [6, 6.07) is 21.1. The molecule has 2 aromatic rings. The fraction of sp³-hybridized carbons (Fsp3) is 0.500. The highest BCUT2D eigenvalue weighted by molar-refractivity contribution is 6.99. The number of hydroxylamine groups is 2. The quantitative estimate of drug-likeness (QED) is 0.291. The van der Waals surface area contributed by atoms with Crippen molar-refractivity contribution >= 4 is 24.8 Å². The standard InChI is InChI=1S/C26H39NO5Si/c1-25(2,3)32-24(28)27(7)30-20-18-29-19-21-31-33(26(4,5)6,22-14-10-8-11-15-22)23-16-12-9-13-17-23/h8-17H,18-21H2,1-7H3. The molecule has 6 nitrogen and oxygen atoms in total. The number of hydrogen-bond donors (Lipinski definition) is 0. The maximum Gasteiger partial charge on any atom is 0.434 e. The van der Waals surface area contributed by atoms with Gasteiger partial charge in [0, 0.05) is 7.05 Å². The van der Waals surface area contributed by atoms with Gasteiger partial charge in [-0.05, 0) is 36.2 Å². The van der Waals surface area contributed by atoms with Crippen molar-refractivity contribution in [1.29, 1.82) is 0 Å². The zero-order valence-electron chi connectivity index (χ0n) is 21.1. The minimum Gasteiger partial charge on any atom is -0.442 e. The maximum absolute atomic E-state index is 11.9. The van der Waals surface area contributed by atoms with E-state index < -0.39 is 20.0 Å². The van der Waals surface area contributed by atoms with Gasteiger partial charge < -0.3 is 13.9 Å². The van der Waals surface area contributed by atoms with E-state index in [4.69, 9.17) is 18.7 Å². The summed E-state index contributed by atoms with van der Waals surface area (Å²) in [7, 11) is -1.03. The first-order chi connectivity index (χ1) is 15.5. The second-order valence-corrected chi connectivity index (χ2v) is 14.2. The highest BCUT2D eigenvalue weighted by Gasteiger charge is 2.49. The topological polar surface area (TPSA) is 57.2 Å². The van der Waals surface area contributed by atoms with Crippen molar-refractivity contribution in [2.45, 2.75) is 52.2 Å². The van der Waals surface area contributed by atoms with Crippen LogP contribution in [0.3, 0.4) is 0 Å². The molecule has 2 aromatic carbocycles. The number of carbonyl (C=O) groups is 1. The fourth-order valence-corrected chi connectivity index (χ4v) is 8.27. The molecule has 2 rings (SSSR count). The minimum atomic E-state index is -2.55. The van der Waals surface area contributed by atoms with Crippen molar-refractivity contribution in [3.05, 3.63) is 60.7 Å². The van der Waals surface area contributed by atoms with Crippen molar-refractivity contribution in [3.63, 3.8) is 0 Å². The highest BCUT2D eigenvalue weighted by atomic mass is 28.4. The molecule has 0 spiro atoms.